The van der Waals surface area contributed by atoms with Gasteiger partial charge in [0.25, 0.3) is 0 Å². The van der Waals surface area contributed by atoms with Crippen molar-refractivity contribution in [3.63, 3.8) is 0 Å². The van der Waals surface area contributed by atoms with Crippen molar-refractivity contribution in [3.8, 4) is 0 Å². The maximum atomic E-state index is 12.5. The average Bonchev–Trinajstić information content (AvgIpc) is 2.85. The Morgan fingerprint density at radius 1 is 1.33 bits per heavy atom. The topological polar surface area (TPSA) is 26.0 Å². The minimum Gasteiger partial charge on any atom is -0.330 e. The molecular formula is C10H12FN. The smallest absolute Gasteiger partial charge is 0.123 e. The SMILES string of the molecule is NC[C@@H]1C[C@@H]1c1ccc(F)cc1. The van der Waals surface area contributed by atoms with Crippen LogP contribution in [0.3, 0.4) is 0 Å². The van der Waals surface area contributed by atoms with Crippen molar-refractivity contribution in [3.05, 3.63) is 35.6 Å². The molecular weight excluding hydrogens is 153 g/mol. The fraction of sp³-hybridized carbons (Fsp3) is 0.400. The molecule has 2 heteroatoms. The van der Waals surface area contributed by atoms with E-state index >= 15 is 0 Å². The van der Waals surface area contributed by atoms with Crippen molar-refractivity contribution in [2.75, 3.05) is 6.54 Å². The second-order valence-electron chi connectivity index (χ2n) is 3.39. The summed E-state index contributed by atoms with van der Waals surface area (Å²) < 4.78 is 12.5. The minimum atomic E-state index is -0.163. The maximum Gasteiger partial charge on any atom is 0.123 e. The van der Waals surface area contributed by atoms with Gasteiger partial charge in [0.1, 0.15) is 5.82 Å². The van der Waals surface area contributed by atoms with Gasteiger partial charge in [-0.2, -0.15) is 0 Å². The van der Waals surface area contributed by atoms with Crippen LogP contribution in [-0.4, -0.2) is 6.54 Å². The van der Waals surface area contributed by atoms with Crippen LogP contribution < -0.4 is 5.73 Å². The Kier molecular flexibility index (Phi) is 1.85. The van der Waals surface area contributed by atoms with Crippen LogP contribution in [0.5, 0.6) is 0 Å². The highest BCUT2D eigenvalue weighted by atomic mass is 19.1. The first-order chi connectivity index (χ1) is 5.81. The molecule has 1 aromatic rings. The highest BCUT2D eigenvalue weighted by Crippen LogP contribution is 2.46. The molecule has 1 aliphatic rings. The van der Waals surface area contributed by atoms with Crippen molar-refractivity contribution in [2.24, 2.45) is 11.7 Å². The molecule has 2 atom stereocenters. The lowest BCUT2D eigenvalue weighted by Crippen LogP contribution is -2.01. The third-order valence-corrected chi connectivity index (χ3v) is 2.52. The van der Waals surface area contributed by atoms with Crippen LogP contribution in [0.15, 0.2) is 24.3 Å². The fourth-order valence-corrected chi connectivity index (χ4v) is 1.63. The van der Waals surface area contributed by atoms with Gasteiger partial charge in [-0.1, -0.05) is 12.1 Å². The van der Waals surface area contributed by atoms with Crippen molar-refractivity contribution in [2.45, 2.75) is 12.3 Å². The van der Waals surface area contributed by atoms with Gasteiger partial charge in [-0.3, -0.25) is 0 Å². The van der Waals surface area contributed by atoms with E-state index < -0.39 is 0 Å². The molecule has 1 saturated carbocycles. The lowest BCUT2D eigenvalue weighted by molar-refractivity contribution is 0.626. The first-order valence-corrected chi connectivity index (χ1v) is 4.27. The van der Waals surface area contributed by atoms with Crippen LogP contribution in [0.25, 0.3) is 0 Å². The summed E-state index contributed by atoms with van der Waals surface area (Å²) in [7, 11) is 0. The van der Waals surface area contributed by atoms with Crippen LogP contribution in [-0.2, 0) is 0 Å². The zero-order valence-electron chi connectivity index (χ0n) is 6.83. The number of benzene rings is 1. The molecule has 1 aliphatic carbocycles. The largest absolute Gasteiger partial charge is 0.330 e. The highest BCUT2D eigenvalue weighted by Gasteiger charge is 2.36. The Balaban J connectivity index is 2.10. The second kappa shape index (κ2) is 2.87. The Labute approximate surface area is 71.4 Å². The molecule has 0 aliphatic heterocycles. The zero-order chi connectivity index (χ0) is 8.55. The fourth-order valence-electron chi connectivity index (χ4n) is 1.63. The predicted molar refractivity (Wildman–Crippen MR) is 46.3 cm³/mol. The van der Waals surface area contributed by atoms with Gasteiger partial charge in [-0.15, -0.1) is 0 Å². The van der Waals surface area contributed by atoms with E-state index in [1.54, 1.807) is 0 Å². The molecule has 0 spiro atoms. The molecule has 1 nitrogen and oxygen atoms in total. The van der Waals surface area contributed by atoms with Gasteiger partial charge in [0, 0.05) is 0 Å². The monoisotopic (exact) mass is 165 g/mol. The number of hydrogen-bond acceptors (Lipinski definition) is 1. The highest BCUT2D eigenvalue weighted by molar-refractivity contribution is 5.26. The number of hydrogen-bond donors (Lipinski definition) is 1. The third kappa shape index (κ3) is 1.34. The van der Waals surface area contributed by atoms with Crippen LogP contribution in [0.1, 0.15) is 17.9 Å². The van der Waals surface area contributed by atoms with E-state index in [-0.39, 0.29) is 5.82 Å². The van der Waals surface area contributed by atoms with Crippen molar-refractivity contribution < 1.29 is 4.39 Å². The lowest BCUT2D eigenvalue weighted by atomic mass is 10.1. The summed E-state index contributed by atoms with van der Waals surface area (Å²) in [6.07, 6.45) is 1.17. The normalized spacial score (nSPS) is 27.2. The standard InChI is InChI=1S/C10H12FN/c11-9-3-1-7(2-4-9)10-5-8(10)6-12/h1-4,8,10H,5-6,12H2/t8-,10+/m0/s1. The van der Waals surface area contributed by atoms with Crippen molar-refractivity contribution >= 4 is 0 Å². The summed E-state index contributed by atoms with van der Waals surface area (Å²) in [4.78, 5) is 0. The quantitative estimate of drug-likeness (QED) is 0.711. The first kappa shape index (κ1) is 7.74. The van der Waals surface area contributed by atoms with Gasteiger partial charge in [-0.05, 0) is 42.5 Å². The molecule has 0 amide bonds. The molecule has 2 N–H and O–H groups in total. The van der Waals surface area contributed by atoms with Crippen LogP contribution in [0.2, 0.25) is 0 Å². The predicted octanol–water partition coefficient (Wildman–Crippen LogP) is 1.89. The molecule has 0 aromatic heterocycles. The molecule has 0 saturated heterocycles. The Morgan fingerprint density at radius 2 is 2.00 bits per heavy atom. The van der Waals surface area contributed by atoms with E-state index in [1.807, 2.05) is 12.1 Å². The summed E-state index contributed by atoms with van der Waals surface area (Å²) in [5.74, 6) is 1.06. The van der Waals surface area contributed by atoms with Gasteiger partial charge in [0.2, 0.25) is 0 Å². The van der Waals surface area contributed by atoms with E-state index in [2.05, 4.69) is 0 Å². The van der Waals surface area contributed by atoms with Gasteiger partial charge < -0.3 is 5.73 Å². The van der Waals surface area contributed by atoms with E-state index in [1.165, 1.54) is 24.1 Å². The molecule has 1 aromatic carbocycles. The maximum absolute atomic E-state index is 12.5. The van der Waals surface area contributed by atoms with Crippen molar-refractivity contribution in [1.29, 1.82) is 0 Å². The van der Waals surface area contributed by atoms with Crippen LogP contribution in [0.4, 0.5) is 4.39 Å². The number of halogens is 1. The molecule has 0 heterocycles. The molecule has 12 heavy (non-hydrogen) atoms. The second-order valence-corrected chi connectivity index (χ2v) is 3.39. The Hall–Kier alpha value is -0.890. The Morgan fingerprint density at radius 3 is 2.50 bits per heavy atom. The zero-order valence-corrected chi connectivity index (χ0v) is 6.83. The summed E-state index contributed by atoms with van der Waals surface area (Å²) >= 11 is 0. The summed E-state index contributed by atoms with van der Waals surface area (Å²) in [6, 6.07) is 6.74. The third-order valence-electron chi connectivity index (χ3n) is 2.52. The molecule has 0 radical (unpaired) electrons. The molecule has 0 bridgehead atoms. The number of nitrogens with two attached hydrogens (primary N) is 1. The van der Waals surface area contributed by atoms with E-state index in [0.29, 0.717) is 11.8 Å². The summed E-state index contributed by atoms with van der Waals surface area (Å²) in [6.45, 7) is 0.752. The molecule has 0 unspecified atom stereocenters. The van der Waals surface area contributed by atoms with Gasteiger partial charge in [-0.25, -0.2) is 4.39 Å². The van der Waals surface area contributed by atoms with Crippen LogP contribution >= 0.6 is 0 Å². The molecule has 2 rings (SSSR count). The van der Waals surface area contributed by atoms with E-state index in [0.717, 1.165) is 6.54 Å². The summed E-state index contributed by atoms with van der Waals surface area (Å²) in [5.41, 5.74) is 6.75. The minimum absolute atomic E-state index is 0.163. The summed E-state index contributed by atoms with van der Waals surface area (Å²) in [5, 5.41) is 0. The van der Waals surface area contributed by atoms with Gasteiger partial charge in [0.15, 0.2) is 0 Å². The van der Waals surface area contributed by atoms with Gasteiger partial charge in [0.05, 0.1) is 0 Å². The van der Waals surface area contributed by atoms with Crippen LogP contribution in [0, 0.1) is 11.7 Å². The van der Waals surface area contributed by atoms with Crippen molar-refractivity contribution in [1.82, 2.24) is 0 Å². The van der Waals surface area contributed by atoms with Gasteiger partial charge >= 0.3 is 0 Å². The first-order valence-electron chi connectivity index (χ1n) is 4.27. The van der Waals surface area contributed by atoms with E-state index in [9.17, 15) is 4.39 Å². The average molecular weight is 165 g/mol. The lowest BCUT2D eigenvalue weighted by Gasteiger charge is -1.97. The Bertz CT molecular complexity index is 268. The van der Waals surface area contributed by atoms with E-state index in [4.69, 9.17) is 5.73 Å². The molecule has 1 fully saturated rings. The number of rotatable bonds is 2. The molecule has 64 valence electrons.